The Labute approximate surface area is 220 Å². The summed E-state index contributed by atoms with van der Waals surface area (Å²) in [6.07, 6.45) is -1.19. The number of esters is 2. The van der Waals surface area contributed by atoms with Crippen molar-refractivity contribution in [1.82, 2.24) is 0 Å². The number of hydrogen-bond donors (Lipinski definition) is 1. The van der Waals surface area contributed by atoms with Crippen molar-refractivity contribution < 1.29 is 38.8 Å². The molecule has 0 saturated heterocycles. The summed E-state index contributed by atoms with van der Waals surface area (Å²) in [5, 5.41) is 32.0. The SMILES string of the molecule is Cc1c(OC(=O)c2ccc([N+](=O)[O-])cc2)cccc1C1=N[C@H]([C@@H](O)COC(=O)c2ccc([N+](=O)[O-])cc2)CO1. The van der Waals surface area contributed by atoms with E-state index in [2.05, 4.69) is 4.99 Å². The predicted octanol–water partition coefficient (Wildman–Crippen LogP) is 3.39. The standard InChI is InChI=1S/C26H21N3O10/c1-15-20(3-2-4-23(15)39-26(32)17-7-11-19(12-8-17)29(35)36)24-27-21(13-37-24)22(30)14-38-25(31)16-5-9-18(10-6-16)28(33)34/h2-12,21-22,30H,13-14H2,1H3/t21-,22-/m0/s1. The van der Waals surface area contributed by atoms with E-state index < -0.39 is 33.9 Å². The van der Waals surface area contributed by atoms with Crippen LogP contribution in [0.5, 0.6) is 5.75 Å². The van der Waals surface area contributed by atoms with Gasteiger partial charge in [0.15, 0.2) is 0 Å². The molecule has 1 aliphatic heterocycles. The first-order valence-electron chi connectivity index (χ1n) is 11.5. The second kappa shape index (κ2) is 11.5. The van der Waals surface area contributed by atoms with Gasteiger partial charge in [-0.1, -0.05) is 6.07 Å². The molecular weight excluding hydrogens is 514 g/mol. The number of aliphatic hydroxyl groups is 1. The number of nitro groups is 2. The number of benzene rings is 3. The van der Waals surface area contributed by atoms with Gasteiger partial charge in [0.2, 0.25) is 5.90 Å². The Balaban J connectivity index is 1.39. The average molecular weight is 535 g/mol. The number of non-ortho nitro benzene ring substituents is 2. The smallest absolute Gasteiger partial charge is 0.343 e. The zero-order chi connectivity index (χ0) is 28.1. The van der Waals surface area contributed by atoms with Crippen molar-refractivity contribution in [1.29, 1.82) is 0 Å². The van der Waals surface area contributed by atoms with E-state index >= 15 is 0 Å². The number of carbonyl (C=O) groups is 2. The van der Waals surface area contributed by atoms with Gasteiger partial charge < -0.3 is 19.3 Å². The molecule has 4 rings (SSSR count). The topological polar surface area (TPSA) is 181 Å². The molecule has 0 amide bonds. The van der Waals surface area contributed by atoms with Crippen LogP contribution in [0.15, 0.2) is 71.7 Å². The Morgan fingerprint density at radius 3 is 2.10 bits per heavy atom. The van der Waals surface area contributed by atoms with Crippen LogP contribution in [0.2, 0.25) is 0 Å². The van der Waals surface area contributed by atoms with Crippen molar-refractivity contribution in [3.63, 3.8) is 0 Å². The zero-order valence-electron chi connectivity index (χ0n) is 20.4. The van der Waals surface area contributed by atoms with E-state index in [9.17, 15) is 34.9 Å². The molecule has 2 atom stereocenters. The Morgan fingerprint density at radius 2 is 1.54 bits per heavy atom. The normalized spacial score (nSPS) is 15.0. The van der Waals surface area contributed by atoms with Gasteiger partial charge in [0.25, 0.3) is 11.4 Å². The molecule has 1 aliphatic rings. The van der Waals surface area contributed by atoms with Crippen molar-refractivity contribution in [2.75, 3.05) is 13.2 Å². The minimum atomic E-state index is -1.19. The molecule has 13 nitrogen and oxygen atoms in total. The molecule has 3 aromatic rings. The lowest BCUT2D eigenvalue weighted by Gasteiger charge is -2.14. The van der Waals surface area contributed by atoms with Gasteiger partial charge in [0, 0.05) is 35.4 Å². The van der Waals surface area contributed by atoms with Crippen LogP contribution in [0.1, 0.15) is 31.8 Å². The molecule has 0 radical (unpaired) electrons. The van der Waals surface area contributed by atoms with Crippen LogP contribution >= 0.6 is 0 Å². The van der Waals surface area contributed by atoms with Crippen molar-refractivity contribution in [2.45, 2.75) is 19.1 Å². The van der Waals surface area contributed by atoms with Gasteiger partial charge in [-0.3, -0.25) is 20.2 Å². The maximum Gasteiger partial charge on any atom is 0.343 e. The third kappa shape index (κ3) is 6.22. The van der Waals surface area contributed by atoms with Crippen molar-refractivity contribution >= 4 is 29.2 Å². The molecule has 1 N–H and O–H groups in total. The minimum absolute atomic E-state index is 0.0117. The summed E-state index contributed by atoms with van der Waals surface area (Å²) in [4.78, 5) is 49.5. The molecule has 0 spiro atoms. The molecule has 0 aliphatic carbocycles. The number of aliphatic imine (C=N–C) groups is 1. The molecule has 1 heterocycles. The summed E-state index contributed by atoms with van der Waals surface area (Å²) < 4.78 is 16.2. The minimum Gasteiger partial charge on any atom is -0.475 e. The highest BCUT2D eigenvalue weighted by Gasteiger charge is 2.29. The van der Waals surface area contributed by atoms with Gasteiger partial charge in [-0.15, -0.1) is 0 Å². The van der Waals surface area contributed by atoms with Crippen molar-refractivity contribution in [2.24, 2.45) is 4.99 Å². The first-order chi connectivity index (χ1) is 18.6. The van der Waals surface area contributed by atoms with E-state index in [1.807, 2.05) is 0 Å². The fourth-order valence-corrected chi connectivity index (χ4v) is 3.64. The van der Waals surface area contributed by atoms with Crippen LogP contribution in [-0.2, 0) is 9.47 Å². The number of nitro benzene ring substituents is 2. The maximum absolute atomic E-state index is 12.5. The summed E-state index contributed by atoms with van der Waals surface area (Å²) in [6.45, 7) is 1.32. The lowest BCUT2D eigenvalue weighted by atomic mass is 10.1. The van der Waals surface area contributed by atoms with Crippen molar-refractivity contribution in [3.8, 4) is 5.75 Å². The molecule has 0 saturated carbocycles. The van der Waals surface area contributed by atoms with Crippen LogP contribution in [0.3, 0.4) is 0 Å². The summed E-state index contributed by atoms with van der Waals surface area (Å²) >= 11 is 0. The van der Waals surface area contributed by atoms with Gasteiger partial charge in [-0.05, 0) is 43.3 Å². The van der Waals surface area contributed by atoms with E-state index in [1.54, 1.807) is 25.1 Å². The van der Waals surface area contributed by atoms with Crippen LogP contribution in [-0.4, -0.2) is 58.1 Å². The summed E-state index contributed by atoms with van der Waals surface area (Å²) in [7, 11) is 0. The van der Waals surface area contributed by atoms with Gasteiger partial charge in [0.1, 0.15) is 31.1 Å². The van der Waals surface area contributed by atoms with Gasteiger partial charge >= 0.3 is 11.9 Å². The van der Waals surface area contributed by atoms with Crippen molar-refractivity contribution in [3.05, 3.63) is 109 Å². The molecular formula is C26H21N3O10. The quantitative estimate of drug-likeness (QED) is 0.185. The van der Waals surface area contributed by atoms with Gasteiger partial charge in [0.05, 0.1) is 21.0 Å². The number of aliphatic hydroxyl groups excluding tert-OH is 1. The van der Waals surface area contributed by atoms with Gasteiger partial charge in [-0.2, -0.15) is 0 Å². The maximum atomic E-state index is 12.5. The predicted molar refractivity (Wildman–Crippen MR) is 135 cm³/mol. The van der Waals surface area contributed by atoms with Crippen LogP contribution in [0, 0.1) is 27.2 Å². The Hall–Kier alpha value is -5.17. The van der Waals surface area contributed by atoms with E-state index in [0.717, 1.165) is 0 Å². The third-order valence-electron chi connectivity index (χ3n) is 5.85. The molecule has 0 unspecified atom stereocenters. The van der Waals surface area contributed by atoms with Gasteiger partial charge in [-0.25, -0.2) is 14.6 Å². The molecule has 0 aromatic heterocycles. The molecule has 0 bridgehead atoms. The lowest BCUT2D eigenvalue weighted by Crippen LogP contribution is -2.31. The largest absolute Gasteiger partial charge is 0.475 e. The van der Waals surface area contributed by atoms with E-state index in [-0.39, 0.29) is 47.4 Å². The molecule has 200 valence electrons. The summed E-state index contributed by atoms with van der Waals surface area (Å²) in [5.74, 6) is -1.04. The van der Waals surface area contributed by atoms with E-state index in [4.69, 9.17) is 14.2 Å². The lowest BCUT2D eigenvalue weighted by molar-refractivity contribution is -0.385. The number of nitrogens with zero attached hydrogens (tertiary/aromatic N) is 3. The summed E-state index contributed by atoms with van der Waals surface area (Å²) in [6, 6.07) is 14.0. The first kappa shape index (κ1) is 26.9. The fraction of sp³-hybridized carbons (Fsp3) is 0.192. The number of rotatable bonds is 9. The fourth-order valence-electron chi connectivity index (χ4n) is 3.64. The Bertz CT molecular complexity index is 1450. The highest BCUT2D eigenvalue weighted by Crippen LogP contribution is 2.26. The highest BCUT2D eigenvalue weighted by molar-refractivity contribution is 5.98. The second-order valence-electron chi connectivity index (χ2n) is 8.40. The summed E-state index contributed by atoms with van der Waals surface area (Å²) in [5.41, 5.74) is 0.950. The third-order valence-corrected chi connectivity index (χ3v) is 5.85. The van der Waals surface area contributed by atoms with Crippen LogP contribution in [0.4, 0.5) is 11.4 Å². The Morgan fingerprint density at radius 1 is 0.974 bits per heavy atom. The monoisotopic (exact) mass is 535 g/mol. The number of hydrogen-bond acceptors (Lipinski definition) is 11. The molecule has 13 heteroatoms. The van der Waals surface area contributed by atoms with Crippen LogP contribution in [0.25, 0.3) is 0 Å². The number of ether oxygens (including phenoxy) is 3. The Kier molecular flexibility index (Phi) is 7.91. The zero-order valence-corrected chi connectivity index (χ0v) is 20.4. The van der Waals surface area contributed by atoms with E-state index in [0.29, 0.717) is 11.1 Å². The van der Waals surface area contributed by atoms with Crippen LogP contribution < -0.4 is 4.74 Å². The average Bonchev–Trinajstić information content (AvgIpc) is 3.43. The molecule has 3 aromatic carbocycles. The number of carbonyl (C=O) groups excluding carboxylic acids is 2. The first-order valence-corrected chi connectivity index (χ1v) is 11.5. The second-order valence-corrected chi connectivity index (χ2v) is 8.40. The highest BCUT2D eigenvalue weighted by atomic mass is 16.6. The van der Waals surface area contributed by atoms with E-state index in [1.165, 1.54) is 48.5 Å². The molecule has 0 fully saturated rings. The molecule has 39 heavy (non-hydrogen) atoms.